The Balaban J connectivity index is 3.07. The van der Waals surface area contributed by atoms with E-state index in [4.69, 9.17) is 0 Å². The molecule has 102 valence electrons. The van der Waals surface area contributed by atoms with Gasteiger partial charge in [-0.3, -0.25) is 9.36 Å². The number of halogens is 1. The first kappa shape index (κ1) is 15.2. The highest BCUT2D eigenvalue weighted by molar-refractivity contribution is 9.10. The molecule has 0 saturated carbocycles. The molecular formula is C10H15BrN2O4S. The van der Waals surface area contributed by atoms with Gasteiger partial charge in [-0.25, -0.2) is 13.2 Å². The molecule has 0 aliphatic rings. The van der Waals surface area contributed by atoms with Crippen LogP contribution in [-0.4, -0.2) is 28.5 Å². The molecule has 0 bridgehead atoms. The van der Waals surface area contributed by atoms with E-state index in [1.165, 1.54) is 6.20 Å². The lowest BCUT2D eigenvalue weighted by Gasteiger charge is -2.19. The molecule has 8 heteroatoms. The number of hydrogen-bond donors (Lipinski definition) is 1. The van der Waals surface area contributed by atoms with Gasteiger partial charge in [0.25, 0.3) is 5.56 Å². The maximum absolute atomic E-state index is 11.9. The molecule has 18 heavy (non-hydrogen) atoms. The fourth-order valence-corrected chi connectivity index (χ4v) is 2.57. The molecule has 0 saturated heterocycles. The molecule has 1 rings (SSSR count). The summed E-state index contributed by atoms with van der Waals surface area (Å²) in [7, 11) is -3.37. The van der Waals surface area contributed by atoms with Crippen molar-refractivity contribution in [2.75, 3.05) is 5.75 Å². The van der Waals surface area contributed by atoms with Gasteiger partial charge < -0.3 is 4.98 Å². The van der Waals surface area contributed by atoms with Crippen molar-refractivity contribution in [3.63, 3.8) is 0 Å². The third-order valence-corrected chi connectivity index (χ3v) is 5.69. The Bertz CT molecular complexity index is 652. The van der Waals surface area contributed by atoms with Crippen molar-refractivity contribution >= 4 is 25.8 Å². The van der Waals surface area contributed by atoms with E-state index in [9.17, 15) is 18.0 Å². The van der Waals surface area contributed by atoms with Crippen molar-refractivity contribution in [2.24, 2.45) is 0 Å². The number of nitrogens with one attached hydrogen (secondary N) is 1. The molecule has 0 aliphatic carbocycles. The Kier molecular flexibility index (Phi) is 4.22. The van der Waals surface area contributed by atoms with Gasteiger partial charge in [0.2, 0.25) is 0 Å². The van der Waals surface area contributed by atoms with Crippen LogP contribution in [-0.2, 0) is 16.4 Å². The molecule has 1 aromatic rings. The molecule has 0 fully saturated rings. The molecule has 0 aliphatic heterocycles. The summed E-state index contributed by atoms with van der Waals surface area (Å²) >= 11 is 2.99. The van der Waals surface area contributed by atoms with Gasteiger partial charge >= 0.3 is 5.69 Å². The smallest absolute Gasteiger partial charge is 0.313 e. The van der Waals surface area contributed by atoms with Crippen LogP contribution in [0.1, 0.15) is 20.8 Å². The number of H-pyrrole nitrogens is 1. The summed E-state index contributed by atoms with van der Waals surface area (Å²) in [6.07, 6.45) is 1.24. The largest absolute Gasteiger partial charge is 0.328 e. The van der Waals surface area contributed by atoms with Crippen LogP contribution in [0.2, 0.25) is 0 Å². The van der Waals surface area contributed by atoms with E-state index in [0.29, 0.717) is 0 Å². The lowest BCUT2D eigenvalue weighted by molar-refractivity contribution is 0.549. The third kappa shape index (κ3) is 3.11. The van der Waals surface area contributed by atoms with E-state index in [2.05, 4.69) is 20.9 Å². The fourth-order valence-electron chi connectivity index (χ4n) is 1.21. The van der Waals surface area contributed by atoms with Gasteiger partial charge in [-0.15, -0.1) is 0 Å². The molecule has 6 nitrogen and oxygen atoms in total. The Hall–Kier alpha value is -0.890. The van der Waals surface area contributed by atoms with Gasteiger partial charge in [0, 0.05) is 12.7 Å². The SMILES string of the molecule is CC(C)(C)S(=O)(=O)CCn1c(=O)[nH]cc(Br)c1=O. The summed E-state index contributed by atoms with van der Waals surface area (Å²) in [6.45, 7) is 4.58. The van der Waals surface area contributed by atoms with Crippen molar-refractivity contribution in [3.05, 3.63) is 31.5 Å². The Labute approximate surface area is 113 Å². The van der Waals surface area contributed by atoms with E-state index in [1.807, 2.05) is 0 Å². The first-order chi connectivity index (χ1) is 8.06. The summed E-state index contributed by atoms with van der Waals surface area (Å²) in [4.78, 5) is 25.5. The number of aromatic nitrogens is 2. The summed E-state index contributed by atoms with van der Waals surface area (Å²) in [6, 6.07) is 0. The zero-order valence-electron chi connectivity index (χ0n) is 10.4. The Morgan fingerprint density at radius 1 is 1.33 bits per heavy atom. The zero-order chi connectivity index (χ0) is 14.1. The first-order valence-electron chi connectivity index (χ1n) is 5.26. The molecule has 0 amide bonds. The molecule has 1 aromatic heterocycles. The minimum absolute atomic E-state index is 0.160. The predicted octanol–water partition coefficient (Wildman–Crippen LogP) is 0.512. The number of nitrogens with zero attached hydrogens (tertiary/aromatic N) is 1. The topological polar surface area (TPSA) is 89.0 Å². The standard InChI is InChI=1S/C10H15BrN2O4S/c1-10(2,3)18(16,17)5-4-13-8(14)7(11)6-12-9(13)15/h6H,4-5H2,1-3H3,(H,12,15). The lowest BCUT2D eigenvalue weighted by atomic mass is 10.3. The number of aromatic amines is 1. The van der Waals surface area contributed by atoms with Crippen LogP contribution < -0.4 is 11.2 Å². The van der Waals surface area contributed by atoms with Gasteiger partial charge in [0.15, 0.2) is 9.84 Å². The van der Waals surface area contributed by atoms with E-state index in [-0.39, 0.29) is 16.8 Å². The highest BCUT2D eigenvalue weighted by Gasteiger charge is 2.28. The molecule has 0 aromatic carbocycles. The third-order valence-electron chi connectivity index (χ3n) is 2.53. The number of rotatable bonds is 3. The van der Waals surface area contributed by atoms with Crippen LogP contribution in [0, 0.1) is 0 Å². The second kappa shape index (κ2) is 5.00. The van der Waals surface area contributed by atoms with Gasteiger partial charge in [-0.1, -0.05) is 0 Å². The average Bonchev–Trinajstić information content (AvgIpc) is 2.22. The molecule has 1 N–H and O–H groups in total. The summed E-state index contributed by atoms with van der Waals surface area (Å²) in [5.41, 5.74) is -1.16. The molecule has 0 radical (unpaired) electrons. The van der Waals surface area contributed by atoms with Crippen LogP contribution in [0.3, 0.4) is 0 Å². The highest BCUT2D eigenvalue weighted by atomic mass is 79.9. The van der Waals surface area contributed by atoms with Crippen molar-refractivity contribution in [1.29, 1.82) is 0 Å². The maximum Gasteiger partial charge on any atom is 0.328 e. The van der Waals surface area contributed by atoms with Crippen LogP contribution in [0.4, 0.5) is 0 Å². The summed E-state index contributed by atoms with van der Waals surface area (Å²) < 4.78 is 23.9. The van der Waals surface area contributed by atoms with Crippen LogP contribution in [0.25, 0.3) is 0 Å². The van der Waals surface area contributed by atoms with E-state index in [1.54, 1.807) is 20.8 Å². The predicted molar refractivity (Wildman–Crippen MR) is 72.6 cm³/mol. The first-order valence-corrected chi connectivity index (χ1v) is 7.71. The molecule has 0 atom stereocenters. The second-order valence-electron chi connectivity index (χ2n) is 4.83. The van der Waals surface area contributed by atoms with Crippen molar-refractivity contribution < 1.29 is 8.42 Å². The molecular weight excluding hydrogens is 324 g/mol. The lowest BCUT2D eigenvalue weighted by Crippen LogP contribution is -2.39. The van der Waals surface area contributed by atoms with Crippen molar-refractivity contribution in [2.45, 2.75) is 32.1 Å². The van der Waals surface area contributed by atoms with Crippen molar-refractivity contribution in [1.82, 2.24) is 9.55 Å². The van der Waals surface area contributed by atoms with Crippen LogP contribution in [0.5, 0.6) is 0 Å². The van der Waals surface area contributed by atoms with Crippen LogP contribution >= 0.6 is 15.9 Å². The van der Waals surface area contributed by atoms with E-state index in [0.717, 1.165) is 4.57 Å². The molecule has 0 spiro atoms. The average molecular weight is 339 g/mol. The number of sulfone groups is 1. The highest BCUT2D eigenvalue weighted by Crippen LogP contribution is 2.15. The quantitative estimate of drug-likeness (QED) is 0.869. The zero-order valence-corrected chi connectivity index (χ0v) is 12.8. The maximum atomic E-state index is 11.9. The Morgan fingerprint density at radius 2 is 1.89 bits per heavy atom. The monoisotopic (exact) mass is 338 g/mol. The van der Waals surface area contributed by atoms with Gasteiger partial charge in [0.1, 0.15) is 0 Å². The van der Waals surface area contributed by atoms with Gasteiger partial charge in [-0.2, -0.15) is 0 Å². The van der Waals surface area contributed by atoms with Crippen molar-refractivity contribution in [3.8, 4) is 0 Å². The summed E-state index contributed by atoms with van der Waals surface area (Å²) in [5.74, 6) is -0.254. The minimum Gasteiger partial charge on any atom is -0.313 e. The van der Waals surface area contributed by atoms with Crippen LogP contribution in [0.15, 0.2) is 20.3 Å². The summed E-state index contributed by atoms with van der Waals surface area (Å²) in [5, 5.41) is 0. The normalized spacial score (nSPS) is 12.7. The Morgan fingerprint density at radius 3 is 2.39 bits per heavy atom. The van der Waals surface area contributed by atoms with E-state index < -0.39 is 25.8 Å². The molecule has 1 heterocycles. The second-order valence-corrected chi connectivity index (χ2v) is 8.55. The molecule has 0 unspecified atom stereocenters. The van der Waals surface area contributed by atoms with Gasteiger partial charge in [0.05, 0.1) is 15.0 Å². The minimum atomic E-state index is -3.37. The van der Waals surface area contributed by atoms with Gasteiger partial charge in [-0.05, 0) is 36.7 Å². The van der Waals surface area contributed by atoms with E-state index >= 15 is 0 Å². The number of hydrogen-bond acceptors (Lipinski definition) is 4. The fraction of sp³-hybridized carbons (Fsp3) is 0.600.